The number of carbonyl (C=O) groups is 2. The Morgan fingerprint density at radius 2 is 1.04 bits per heavy atom. The number of anilines is 2. The quantitative estimate of drug-likeness (QED) is 0.262. The first-order chi connectivity index (χ1) is 22.6. The molecule has 0 radical (unpaired) electrons. The maximum Gasteiger partial charge on any atom is 0.493 e. The zero-order valence-electron chi connectivity index (χ0n) is 26.1. The normalized spacial score (nSPS) is 15.0. The van der Waals surface area contributed by atoms with Crippen molar-refractivity contribution in [1.29, 1.82) is 0 Å². The lowest BCUT2D eigenvalue weighted by molar-refractivity contribution is 0.0980. The van der Waals surface area contributed by atoms with Gasteiger partial charge in [-0.25, -0.2) is 0 Å². The van der Waals surface area contributed by atoms with Gasteiger partial charge in [0.1, 0.15) is 0 Å². The maximum atomic E-state index is 13.8. The van der Waals surface area contributed by atoms with E-state index in [4.69, 9.17) is 18.6 Å². The van der Waals surface area contributed by atoms with Crippen LogP contribution < -0.4 is 20.7 Å². The molecule has 2 fully saturated rings. The summed E-state index contributed by atoms with van der Waals surface area (Å²) in [4.78, 5) is 40.0. The topological polar surface area (TPSA) is 103 Å². The van der Waals surface area contributed by atoms with Gasteiger partial charge in [-0.3, -0.25) is 19.6 Å². The fourth-order valence-electron chi connectivity index (χ4n) is 5.64. The van der Waals surface area contributed by atoms with E-state index < -0.39 is 14.2 Å². The second-order valence-electron chi connectivity index (χ2n) is 11.0. The van der Waals surface area contributed by atoms with Crippen LogP contribution in [0.2, 0.25) is 0 Å². The van der Waals surface area contributed by atoms with E-state index in [0.717, 1.165) is 35.1 Å². The number of nitrogens with zero attached hydrogens (tertiary/aromatic N) is 4. The van der Waals surface area contributed by atoms with Gasteiger partial charge in [-0.2, -0.15) is 0 Å². The van der Waals surface area contributed by atoms with Crippen LogP contribution in [0.5, 0.6) is 0 Å². The zero-order chi connectivity index (χ0) is 31.9. The molecule has 2 aliphatic rings. The van der Waals surface area contributed by atoms with E-state index in [0.29, 0.717) is 62.0 Å². The summed E-state index contributed by atoms with van der Waals surface area (Å²) in [6.45, 7) is 7.34. The Morgan fingerprint density at radius 1 is 0.630 bits per heavy atom. The molecular formula is C34H36B2N4O6. The van der Waals surface area contributed by atoms with Gasteiger partial charge in [-0.15, -0.1) is 0 Å². The molecule has 2 saturated heterocycles. The van der Waals surface area contributed by atoms with E-state index >= 15 is 0 Å². The number of amides is 2. The number of hydrogen-bond acceptors (Lipinski definition) is 8. The van der Waals surface area contributed by atoms with Crippen LogP contribution in [-0.2, 0) is 18.6 Å². The molecule has 0 aliphatic carbocycles. The van der Waals surface area contributed by atoms with Crippen molar-refractivity contribution in [1.82, 2.24) is 9.97 Å². The van der Waals surface area contributed by atoms with Crippen molar-refractivity contribution in [2.45, 2.75) is 26.7 Å². The Kier molecular flexibility index (Phi) is 10.2. The first-order valence-corrected chi connectivity index (χ1v) is 15.8. The van der Waals surface area contributed by atoms with Gasteiger partial charge in [-0.05, 0) is 86.1 Å². The largest absolute Gasteiger partial charge is 0.493 e. The predicted octanol–water partition coefficient (Wildman–Crippen LogP) is 3.74. The van der Waals surface area contributed by atoms with Gasteiger partial charge in [-0.1, -0.05) is 24.3 Å². The van der Waals surface area contributed by atoms with Crippen molar-refractivity contribution in [3.8, 4) is 11.4 Å². The molecule has 0 unspecified atom stereocenters. The van der Waals surface area contributed by atoms with Crippen LogP contribution in [0.25, 0.3) is 11.4 Å². The summed E-state index contributed by atoms with van der Waals surface area (Å²) >= 11 is 0. The second-order valence-corrected chi connectivity index (χ2v) is 11.0. The lowest BCUT2D eigenvalue weighted by Crippen LogP contribution is -2.41. The van der Waals surface area contributed by atoms with Gasteiger partial charge >= 0.3 is 14.2 Å². The molecule has 0 spiro atoms. The lowest BCUT2D eigenvalue weighted by atomic mass is 9.78. The average Bonchev–Trinajstić information content (AvgIpc) is 3.13. The fraction of sp³-hybridized carbons (Fsp3) is 0.294. The van der Waals surface area contributed by atoms with E-state index in [1.54, 1.807) is 46.5 Å². The van der Waals surface area contributed by atoms with E-state index in [2.05, 4.69) is 9.97 Å². The zero-order valence-corrected chi connectivity index (χ0v) is 26.1. The van der Waals surface area contributed by atoms with Gasteiger partial charge in [0.25, 0.3) is 11.8 Å². The number of benzene rings is 2. The second kappa shape index (κ2) is 14.8. The Labute approximate surface area is 269 Å². The lowest BCUT2D eigenvalue weighted by Gasteiger charge is -2.24. The monoisotopic (exact) mass is 618 g/mol. The van der Waals surface area contributed by atoms with Gasteiger partial charge in [0.15, 0.2) is 0 Å². The van der Waals surface area contributed by atoms with Crippen molar-refractivity contribution in [2.75, 3.05) is 49.3 Å². The van der Waals surface area contributed by atoms with Gasteiger partial charge in [0, 0.05) is 74.4 Å². The smallest absolute Gasteiger partial charge is 0.407 e. The highest BCUT2D eigenvalue weighted by molar-refractivity contribution is 6.62. The van der Waals surface area contributed by atoms with Crippen LogP contribution in [0.1, 0.15) is 47.4 Å². The summed E-state index contributed by atoms with van der Waals surface area (Å²) in [7, 11) is -0.882. The minimum atomic E-state index is -0.441. The summed E-state index contributed by atoms with van der Waals surface area (Å²) in [6, 6.07) is 22.2. The average molecular weight is 618 g/mol. The number of aromatic nitrogens is 2. The summed E-state index contributed by atoms with van der Waals surface area (Å²) < 4.78 is 23.1. The molecule has 46 heavy (non-hydrogen) atoms. The minimum Gasteiger partial charge on any atom is -0.407 e. The van der Waals surface area contributed by atoms with Crippen molar-refractivity contribution >= 4 is 48.4 Å². The molecule has 2 amide bonds. The fourth-order valence-corrected chi connectivity index (χ4v) is 5.64. The molecule has 12 heteroatoms. The van der Waals surface area contributed by atoms with Gasteiger partial charge in [0.2, 0.25) is 0 Å². The highest BCUT2D eigenvalue weighted by Crippen LogP contribution is 2.23. The third kappa shape index (κ3) is 7.05. The Hall–Kier alpha value is -4.35. The number of carbonyl (C=O) groups excluding carboxylic acids is 2. The molecule has 0 saturated carbocycles. The molecule has 4 aromatic rings. The maximum absolute atomic E-state index is 13.8. The van der Waals surface area contributed by atoms with E-state index in [-0.39, 0.29) is 11.8 Å². The first-order valence-electron chi connectivity index (χ1n) is 15.8. The van der Waals surface area contributed by atoms with Crippen molar-refractivity contribution < 1.29 is 28.2 Å². The van der Waals surface area contributed by atoms with Crippen LogP contribution in [-0.4, -0.2) is 75.5 Å². The molecule has 10 nitrogen and oxygen atoms in total. The molecule has 6 rings (SSSR count). The molecule has 2 aliphatic heterocycles. The SMILES string of the molecule is CCN(C(=O)c1ccnc(-c2cc(C(=O)N(CC)c3cccc(B4OCCCO4)c3)ccn2)c1)c1cccc(B2OCCCO2)c1. The highest BCUT2D eigenvalue weighted by atomic mass is 16.6. The third-order valence-corrected chi connectivity index (χ3v) is 7.96. The van der Waals surface area contributed by atoms with E-state index in [1.807, 2.05) is 62.4 Å². The summed E-state index contributed by atoms with van der Waals surface area (Å²) in [5, 5.41) is 0. The number of hydrogen-bond donors (Lipinski definition) is 0. The Balaban J connectivity index is 1.22. The third-order valence-electron chi connectivity index (χ3n) is 7.96. The highest BCUT2D eigenvalue weighted by Gasteiger charge is 2.27. The van der Waals surface area contributed by atoms with Crippen LogP contribution in [0.4, 0.5) is 11.4 Å². The van der Waals surface area contributed by atoms with Crippen LogP contribution in [0.3, 0.4) is 0 Å². The molecule has 2 aromatic heterocycles. The Morgan fingerprint density at radius 3 is 1.43 bits per heavy atom. The van der Waals surface area contributed by atoms with Gasteiger partial charge in [0.05, 0.1) is 11.4 Å². The molecule has 2 aromatic carbocycles. The van der Waals surface area contributed by atoms with Crippen molar-refractivity contribution in [3.05, 3.63) is 96.3 Å². The predicted molar refractivity (Wildman–Crippen MR) is 179 cm³/mol. The minimum absolute atomic E-state index is 0.177. The molecule has 0 atom stereocenters. The molecule has 234 valence electrons. The molecular weight excluding hydrogens is 582 g/mol. The van der Waals surface area contributed by atoms with Crippen LogP contribution >= 0.6 is 0 Å². The molecule has 0 N–H and O–H groups in total. The Bertz CT molecular complexity index is 1560. The number of rotatable bonds is 9. The summed E-state index contributed by atoms with van der Waals surface area (Å²) in [5.74, 6) is -0.354. The van der Waals surface area contributed by atoms with Crippen LogP contribution in [0.15, 0.2) is 85.2 Å². The molecule has 0 bridgehead atoms. The summed E-state index contributed by atoms with van der Waals surface area (Å²) in [6.07, 6.45) is 4.91. The van der Waals surface area contributed by atoms with Crippen molar-refractivity contribution in [3.63, 3.8) is 0 Å². The van der Waals surface area contributed by atoms with E-state index in [1.165, 1.54) is 0 Å². The summed E-state index contributed by atoms with van der Waals surface area (Å²) in [5.41, 5.74) is 5.13. The van der Waals surface area contributed by atoms with Crippen LogP contribution in [0, 0.1) is 0 Å². The van der Waals surface area contributed by atoms with Crippen molar-refractivity contribution in [2.24, 2.45) is 0 Å². The number of pyridine rings is 2. The first kappa shape index (κ1) is 31.6. The standard InChI is InChI=1S/C34H36B2N4O6/c1-3-39(29-11-5-9-27(23-29)35-43-17-7-18-44-35)33(41)25-13-15-37-31(21-25)32-22-26(14-16-38-32)34(42)40(4-2)30-12-6-10-28(24-30)36-45-19-8-20-46-36/h5-6,9-16,21-24H,3-4,7-8,17-20H2,1-2H3. The molecule has 4 heterocycles. The van der Waals surface area contributed by atoms with Gasteiger partial charge < -0.3 is 28.4 Å². The van der Waals surface area contributed by atoms with E-state index in [9.17, 15) is 9.59 Å².